The van der Waals surface area contributed by atoms with E-state index < -0.39 is 22.9 Å². The second-order valence-electron chi connectivity index (χ2n) is 5.63. The van der Waals surface area contributed by atoms with Gasteiger partial charge in [-0.1, -0.05) is 19.1 Å². The molecule has 0 bridgehead atoms. The molecule has 4 nitrogen and oxygen atoms in total. The summed E-state index contributed by atoms with van der Waals surface area (Å²) in [7, 11) is 0. The Balaban J connectivity index is 2.31. The first kappa shape index (κ1) is 14.8. The number of amides is 1. The topological polar surface area (TPSA) is 64.3 Å². The molecule has 5 heteroatoms. The van der Waals surface area contributed by atoms with Crippen LogP contribution in [-0.4, -0.2) is 23.7 Å². The third kappa shape index (κ3) is 2.77. The lowest BCUT2D eigenvalue weighted by molar-refractivity contribution is -0.135. The molecule has 0 spiro atoms. The maximum absolute atomic E-state index is 13.8. The van der Waals surface area contributed by atoms with Crippen molar-refractivity contribution >= 4 is 11.6 Å². The predicted molar refractivity (Wildman–Crippen MR) is 75.8 cm³/mol. The molecule has 2 unspecified atom stereocenters. The number of primary amides is 1. The summed E-state index contributed by atoms with van der Waals surface area (Å²) in [5, 5.41) is 3.02. The molecule has 1 aromatic rings. The number of rotatable bonds is 4. The molecule has 2 atom stereocenters. The molecule has 0 aliphatic carbocycles. The van der Waals surface area contributed by atoms with Gasteiger partial charge < -0.3 is 15.8 Å². The van der Waals surface area contributed by atoms with Crippen LogP contribution in [0, 0.1) is 5.82 Å². The third-order valence-electron chi connectivity index (χ3n) is 4.12. The quantitative estimate of drug-likeness (QED) is 0.890. The molecule has 3 N–H and O–H groups in total. The van der Waals surface area contributed by atoms with E-state index in [1.54, 1.807) is 18.2 Å². The highest BCUT2D eigenvalue weighted by molar-refractivity contribution is 5.88. The molecule has 1 aliphatic heterocycles. The number of ether oxygens (including phenoxy) is 1. The van der Waals surface area contributed by atoms with E-state index in [0.717, 1.165) is 6.42 Å². The Morgan fingerprint density at radius 2 is 2.20 bits per heavy atom. The fraction of sp³-hybridized carbons (Fsp3) is 0.533. The first-order valence-electron chi connectivity index (χ1n) is 6.87. The van der Waals surface area contributed by atoms with E-state index in [9.17, 15) is 9.18 Å². The number of carbonyl (C=O) groups is 1. The molecule has 0 saturated carbocycles. The third-order valence-corrected chi connectivity index (χ3v) is 4.12. The largest absolute Gasteiger partial charge is 0.375 e. The zero-order valence-electron chi connectivity index (χ0n) is 11.9. The molecule has 0 radical (unpaired) electrons. The van der Waals surface area contributed by atoms with Crippen LogP contribution in [0.5, 0.6) is 0 Å². The van der Waals surface area contributed by atoms with Gasteiger partial charge in [0.15, 0.2) is 0 Å². The van der Waals surface area contributed by atoms with Crippen molar-refractivity contribution in [2.45, 2.75) is 44.2 Å². The maximum Gasteiger partial charge on any atom is 0.243 e. The molecular weight excluding hydrogens is 259 g/mol. The van der Waals surface area contributed by atoms with E-state index in [0.29, 0.717) is 25.1 Å². The van der Waals surface area contributed by atoms with E-state index >= 15 is 0 Å². The van der Waals surface area contributed by atoms with Crippen molar-refractivity contribution < 1.29 is 13.9 Å². The number of anilines is 1. The summed E-state index contributed by atoms with van der Waals surface area (Å²) in [6.07, 6.45) is 1.63. The Morgan fingerprint density at radius 1 is 1.50 bits per heavy atom. The van der Waals surface area contributed by atoms with Gasteiger partial charge >= 0.3 is 0 Å². The summed E-state index contributed by atoms with van der Waals surface area (Å²) in [4.78, 5) is 12.0. The molecule has 1 aromatic carbocycles. The molecule has 20 heavy (non-hydrogen) atoms. The van der Waals surface area contributed by atoms with Gasteiger partial charge in [-0.15, -0.1) is 0 Å². The smallest absolute Gasteiger partial charge is 0.243 e. The number of nitrogens with two attached hydrogens (primary N) is 1. The standard InChI is InChI=1S/C15H21FN2O2/c1-3-14(2)10-15(13(17)19,8-9-20-14)18-12-7-5-4-6-11(12)16/h4-7,18H,3,8-10H2,1-2H3,(H2,17,19). The van der Waals surface area contributed by atoms with E-state index in [2.05, 4.69) is 5.32 Å². The number of hydrogen-bond donors (Lipinski definition) is 2. The fourth-order valence-electron chi connectivity index (χ4n) is 2.68. The van der Waals surface area contributed by atoms with Crippen LogP contribution in [0.4, 0.5) is 10.1 Å². The van der Waals surface area contributed by atoms with Crippen LogP contribution < -0.4 is 11.1 Å². The summed E-state index contributed by atoms with van der Waals surface area (Å²) < 4.78 is 19.6. The van der Waals surface area contributed by atoms with Gasteiger partial charge in [0.2, 0.25) is 5.91 Å². The summed E-state index contributed by atoms with van der Waals surface area (Å²) in [6, 6.07) is 6.30. The van der Waals surface area contributed by atoms with Crippen LogP contribution >= 0.6 is 0 Å². The zero-order chi connectivity index (χ0) is 14.8. The zero-order valence-corrected chi connectivity index (χ0v) is 11.9. The van der Waals surface area contributed by atoms with E-state index in [4.69, 9.17) is 10.5 Å². The second-order valence-corrected chi connectivity index (χ2v) is 5.63. The summed E-state index contributed by atoms with van der Waals surface area (Å²) in [5.74, 6) is -0.860. The minimum atomic E-state index is -0.967. The molecule has 1 heterocycles. The number of halogens is 1. The van der Waals surface area contributed by atoms with E-state index in [1.807, 2.05) is 13.8 Å². The van der Waals surface area contributed by atoms with E-state index in [1.165, 1.54) is 6.07 Å². The molecule has 1 amide bonds. The monoisotopic (exact) mass is 280 g/mol. The lowest BCUT2D eigenvalue weighted by atomic mass is 9.78. The number of benzene rings is 1. The Morgan fingerprint density at radius 3 is 2.80 bits per heavy atom. The van der Waals surface area contributed by atoms with Crippen LogP contribution in [0.15, 0.2) is 24.3 Å². The van der Waals surface area contributed by atoms with Gasteiger partial charge in [-0.3, -0.25) is 4.79 Å². The van der Waals surface area contributed by atoms with Crippen molar-refractivity contribution in [1.82, 2.24) is 0 Å². The van der Waals surface area contributed by atoms with Gasteiger partial charge in [0, 0.05) is 12.8 Å². The highest BCUT2D eigenvalue weighted by atomic mass is 19.1. The summed E-state index contributed by atoms with van der Waals surface area (Å²) in [6.45, 7) is 4.38. The molecular formula is C15H21FN2O2. The van der Waals surface area contributed by atoms with Gasteiger partial charge in [-0.05, 0) is 25.5 Å². The molecule has 1 fully saturated rings. The van der Waals surface area contributed by atoms with E-state index in [-0.39, 0.29) is 0 Å². The Labute approximate surface area is 118 Å². The summed E-state index contributed by atoms with van der Waals surface area (Å²) >= 11 is 0. The van der Waals surface area contributed by atoms with Crippen LogP contribution in [0.3, 0.4) is 0 Å². The lowest BCUT2D eigenvalue weighted by Gasteiger charge is -2.45. The van der Waals surface area contributed by atoms with Crippen molar-refractivity contribution in [3.8, 4) is 0 Å². The Hall–Kier alpha value is -1.62. The SMILES string of the molecule is CCC1(C)CC(Nc2ccccc2F)(C(N)=O)CCO1. The molecule has 110 valence electrons. The van der Waals surface area contributed by atoms with Crippen molar-refractivity contribution in [2.24, 2.45) is 5.73 Å². The first-order chi connectivity index (χ1) is 9.41. The van der Waals surface area contributed by atoms with Crippen LogP contribution in [0.25, 0.3) is 0 Å². The minimum Gasteiger partial charge on any atom is -0.375 e. The predicted octanol–water partition coefficient (Wildman–Crippen LogP) is 2.44. The Bertz CT molecular complexity index is 508. The Kier molecular flexibility index (Phi) is 3.99. The van der Waals surface area contributed by atoms with Gasteiger partial charge in [-0.2, -0.15) is 0 Å². The molecule has 1 aliphatic rings. The van der Waals surface area contributed by atoms with Gasteiger partial charge in [0.1, 0.15) is 11.4 Å². The summed E-state index contributed by atoms with van der Waals surface area (Å²) in [5.41, 5.74) is 4.50. The van der Waals surface area contributed by atoms with Gasteiger partial charge in [0.05, 0.1) is 17.9 Å². The second kappa shape index (κ2) is 5.40. The maximum atomic E-state index is 13.8. The highest BCUT2D eigenvalue weighted by Gasteiger charge is 2.46. The van der Waals surface area contributed by atoms with Crippen LogP contribution in [-0.2, 0) is 9.53 Å². The number of carbonyl (C=O) groups excluding carboxylic acids is 1. The van der Waals surface area contributed by atoms with Crippen LogP contribution in [0.2, 0.25) is 0 Å². The molecule has 0 aromatic heterocycles. The average Bonchev–Trinajstić information content (AvgIpc) is 2.41. The van der Waals surface area contributed by atoms with Gasteiger partial charge in [0.25, 0.3) is 0 Å². The minimum absolute atomic E-state index is 0.298. The lowest BCUT2D eigenvalue weighted by Crippen LogP contribution is -2.59. The highest BCUT2D eigenvalue weighted by Crippen LogP contribution is 2.37. The number of hydrogen-bond acceptors (Lipinski definition) is 3. The molecule has 2 rings (SSSR count). The van der Waals surface area contributed by atoms with Crippen LogP contribution in [0.1, 0.15) is 33.1 Å². The van der Waals surface area contributed by atoms with Crippen molar-refractivity contribution in [1.29, 1.82) is 0 Å². The van der Waals surface area contributed by atoms with Gasteiger partial charge in [-0.25, -0.2) is 4.39 Å². The number of nitrogens with one attached hydrogen (secondary N) is 1. The first-order valence-corrected chi connectivity index (χ1v) is 6.87. The normalized spacial score (nSPS) is 29.9. The molecule has 1 saturated heterocycles. The fourth-order valence-corrected chi connectivity index (χ4v) is 2.68. The van der Waals surface area contributed by atoms with Crippen molar-refractivity contribution in [2.75, 3.05) is 11.9 Å². The van der Waals surface area contributed by atoms with Crippen molar-refractivity contribution in [3.05, 3.63) is 30.1 Å². The average molecular weight is 280 g/mol. The number of para-hydroxylation sites is 1. The van der Waals surface area contributed by atoms with Crippen molar-refractivity contribution in [3.63, 3.8) is 0 Å².